The predicted molar refractivity (Wildman–Crippen MR) is 95.8 cm³/mol. The van der Waals surface area contributed by atoms with Gasteiger partial charge < -0.3 is 0 Å². The molecule has 3 aromatic rings. The van der Waals surface area contributed by atoms with E-state index in [-0.39, 0.29) is 0 Å². The lowest BCUT2D eigenvalue weighted by Gasteiger charge is -2.11. The molecule has 0 N–H and O–H groups in total. The highest BCUT2D eigenvalue weighted by atomic mass is 127. The van der Waals surface area contributed by atoms with E-state index in [0.29, 0.717) is 5.88 Å². The molecule has 0 amide bonds. The SMILES string of the molecule is Cc1ccc(Br)c(-n2c(CCl)nc3cc(I)ccc32)c1. The van der Waals surface area contributed by atoms with E-state index in [1.54, 1.807) is 0 Å². The Morgan fingerprint density at radius 1 is 1.25 bits per heavy atom. The fourth-order valence-corrected chi connectivity index (χ4v) is 3.33. The summed E-state index contributed by atoms with van der Waals surface area (Å²) in [5.41, 5.74) is 4.33. The van der Waals surface area contributed by atoms with E-state index in [0.717, 1.165) is 27.0 Å². The van der Waals surface area contributed by atoms with Crippen molar-refractivity contribution in [2.24, 2.45) is 0 Å². The summed E-state index contributed by atoms with van der Waals surface area (Å²) in [6.07, 6.45) is 0. The lowest BCUT2D eigenvalue weighted by molar-refractivity contribution is 0.975. The first-order chi connectivity index (χ1) is 9.60. The number of imidazole rings is 1. The quantitative estimate of drug-likeness (QED) is 0.367. The van der Waals surface area contributed by atoms with Crippen molar-refractivity contribution in [1.29, 1.82) is 0 Å². The van der Waals surface area contributed by atoms with Crippen LogP contribution in [0, 0.1) is 10.5 Å². The first-order valence-electron chi connectivity index (χ1n) is 6.09. The Kier molecular flexibility index (Phi) is 4.06. The highest BCUT2D eigenvalue weighted by Crippen LogP contribution is 2.29. The third kappa shape index (κ3) is 2.49. The Morgan fingerprint density at radius 2 is 2.05 bits per heavy atom. The molecule has 5 heteroatoms. The number of benzene rings is 2. The average Bonchev–Trinajstić information content (AvgIpc) is 2.78. The van der Waals surface area contributed by atoms with E-state index in [4.69, 9.17) is 11.6 Å². The average molecular weight is 462 g/mol. The molecule has 2 nitrogen and oxygen atoms in total. The summed E-state index contributed by atoms with van der Waals surface area (Å²) in [5, 5.41) is 0. The van der Waals surface area contributed by atoms with Crippen LogP contribution in [-0.2, 0) is 5.88 Å². The van der Waals surface area contributed by atoms with Crippen molar-refractivity contribution in [1.82, 2.24) is 9.55 Å². The van der Waals surface area contributed by atoms with Crippen molar-refractivity contribution in [3.63, 3.8) is 0 Å². The van der Waals surface area contributed by atoms with Crippen LogP contribution in [0.25, 0.3) is 16.7 Å². The van der Waals surface area contributed by atoms with Gasteiger partial charge in [0.2, 0.25) is 0 Å². The largest absolute Gasteiger partial charge is 0.294 e. The van der Waals surface area contributed by atoms with Crippen LogP contribution >= 0.6 is 50.1 Å². The summed E-state index contributed by atoms with van der Waals surface area (Å²) in [7, 11) is 0. The Labute approximate surface area is 144 Å². The molecule has 0 aliphatic heterocycles. The van der Waals surface area contributed by atoms with E-state index in [1.807, 2.05) is 0 Å². The molecule has 0 spiro atoms. The Balaban J connectivity index is 2.37. The number of alkyl halides is 1. The molecule has 0 radical (unpaired) electrons. The minimum Gasteiger partial charge on any atom is -0.294 e. The van der Waals surface area contributed by atoms with Crippen LogP contribution in [0.2, 0.25) is 0 Å². The Hall–Kier alpha value is -0.590. The monoisotopic (exact) mass is 460 g/mol. The number of nitrogens with zero attached hydrogens (tertiary/aromatic N) is 2. The highest BCUT2D eigenvalue weighted by Gasteiger charge is 2.14. The summed E-state index contributed by atoms with van der Waals surface area (Å²) >= 11 is 12.0. The van der Waals surface area contributed by atoms with E-state index >= 15 is 0 Å². The Morgan fingerprint density at radius 3 is 2.80 bits per heavy atom. The zero-order valence-corrected chi connectivity index (χ0v) is 15.2. The van der Waals surface area contributed by atoms with Crippen molar-refractivity contribution in [2.75, 3.05) is 0 Å². The molecule has 3 rings (SSSR count). The molecule has 0 aliphatic carbocycles. The van der Waals surface area contributed by atoms with Crippen LogP contribution in [0.1, 0.15) is 11.4 Å². The highest BCUT2D eigenvalue weighted by molar-refractivity contribution is 14.1. The number of fused-ring (bicyclic) bond motifs is 1. The van der Waals surface area contributed by atoms with Crippen LogP contribution in [0.15, 0.2) is 40.9 Å². The van der Waals surface area contributed by atoms with Gasteiger partial charge in [0, 0.05) is 8.04 Å². The topological polar surface area (TPSA) is 17.8 Å². The van der Waals surface area contributed by atoms with Crippen molar-refractivity contribution in [3.05, 3.63) is 55.8 Å². The maximum Gasteiger partial charge on any atom is 0.129 e. The second-order valence-electron chi connectivity index (χ2n) is 4.58. The van der Waals surface area contributed by atoms with E-state index < -0.39 is 0 Å². The molecule has 0 fully saturated rings. The zero-order chi connectivity index (χ0) is 14.3. The number of hydrogen-bond donors (Lipinski definition) is 0. The molecule has 20 heavy (non-hydrogen) atoms. The molecule has 2 aromatic carbocycles. The fourth-order valence-electron chi connectivity index (χ4n) is 2.26. The van der Waals surface area contributed by atoms with Gasteiger partial charge in [0.15, 0.2) is 0 Å². The molecule has 0 saturated heterocycles. The summed E-state index contributed by atoms with van der Waals surface area (Å²) in [6, 6.07) is 12.5. The lowest BCUT2D eigenvalue weighted by Crippen LogP contribution is -2.00. The second-order valence-corrected chi connectivity index (χ2v) is 6.95. The smallest absolute Gasteiger partial charge is 0.129 e. The number of aromatic nitrogens is 2. The van der Waals surface area contributed by atoms with Gasteiger partial charge in [-0.2, -0.15) is 0 Å². The minimum absolute atomic E-state index is 0.381. The number of halogens is 3. The molecule has 0 atom stereocenters. The van der Waals surface area contributed by atoms with Gasteiger partial charge in [-0.25, -0.2) is 4.98 Å². The van der Waals surface area contributed by atoms with Crippen LogP contribution in [-0.4, -0.2) is 9.55 Å². The maximum absolute atomic E-state index is 6.08. The molecule has 102 valence electrons. The zero-order valence-electron chi connectivity index (χ0n) is 10.7. The van der Waals surface area contributed by atoms with Gasteiger partial charge in [-0.15, -0.1) is 11.6 Å². The van der Waals surface area contributed by atoms with Crippen molar-refractivity contribution in [3.8, 4) is 5.69 Å². The van der Waals surface area contributed by atoms with Gasteiger partial charge in [0.1, 0.15) is 5.82 Å². The standard InChI is InChI=1S/C15H11BrClIN2/c1-9-2-4-11(16)14(6-9)20-13-5-3-10(18)7-12(13)19-15(20)8-17/h2-7H,8H2,1H3. The van der Waals surface area contributed by atoms with Crippen LogP contribution in [0.5, 0.6) is 0 Å². The number of hydrogen-bond acceptors (Lipinski definition) is 1. The van der Waals surface area contributed by atoms with Crippen LogP contribution < -0.4 is 0 Å². The molecule has 1 heterocycles. The third-order valence-electron chi connectivity index (χ3n) is 3.15. The third-order valence-corrected chi connectivity index (χ3v) is 4.73. The summed E-state index contributed by atoms with van der Waals surface area (Å²) < 4.78 is 4.33. The van der Waals surface area contributed by atoms with Crippen molar-refractivity contribution < 1.29 is 0 Å². The molecular weight excluding hydrogens is 450 g/mol. The molecular formula is C15H11BrClIN2. The number of rotatable bonds is 2. The van der Waals surface area contributed by atoms with E-state index in [9.17, 15) is 0 Å². The van der Waals surface area contributed by atoms with E-state index in [1.165, 1.54) is 9.13 Å². The Bertz CT molecular complexity index is 798. The first-order valence-corrected chi connectivity index (χ1v) is 8.50. The van der Waals surface area contributed by atoms with Crippen LogP contribution in [0.3, 0.4) is 0 Å². The summed E-state index contributed by atoms with van der Waals surface area (Å²) in [6.45, 7) is 2.08. The maximum atomic E-state index is 6.08. The molecule has 0 saturated carbocycles. The molecule has 0 bridgehead atoms. The second kappa shape index (κ2) is 5.66. The molecule has 0 unspecified atom stereocenters. The molecule has 1 aromatic heterocycles. The summed E-state index contributed by atoms with van der Waals surface area (Å²) in [4.78, 5) is 4.64. The van der Waals surface area contributed by atoms with E-state index in [2.05, 4.69) is 91.4 Å². The van der Waals surface area contributed by atoms with Gasteiger partial charge in [-0.05, 0) is 81.3 Å². The van der Waals surface area contributed by atoms with Gasteiger partial charge in [-0.1, -0.05) is 6.07 Å². The van der Waals surface area contributed by atoms with Crippen molar-refractivity contribution in [2.45, 2.75) is 12.8 Å². The summed E-state index contributed by atoms with van der Waals surface area (Å²) in [5.74, 6) is 1.24. The van der Waals surface area contributed by atoms with Gasteiger partial charge >= 0.3 is 0 Å². The van der Waals surface area contributed by atoms with Gasteiger partial charge in [-0.3, -0.25) is 4.57 Å². The molecule has 0 aliphatic rings. The first kappa shape index (κ1) is 14.4. The van der Waals surface area contributed by atoms with Crippen molar-refractivity contribution >= 4 is 61.2 Å². The normalized spacial score (nSPS) is 11.2. The fraction of sp³-hybridized carbons (Fsp3) is 0.133. The lowest BCUT2D eigenvalue weighted by atomic mass is 10.2. The number of aryl methyl sites for hydroxylation is 1. The minimum atomic E-state index is 0.381. The van der Waals surface area contributed by atoms with Gasteiger partial charge in [0.25, 0.3) is 0 Å². The van der Waals surface area contributed by atoms with Gasteiger partial charge in [0.05, 0.1) is 22.6 Å². The van der Waals surface area contributed by atoms with Crippen LogP contribution in [0.4, 0.5) is 0 Å². The predicted octanol–water partition coefficient (Wildman–Crippen LogP) is 5.44.